The Balaban J connectivity index is 2.31. The van der Waals surface area contributed by atoms with E-state index in [0.717, 1.165) is 5.92 Å². The van der Waals surface area contributed by atoms with Crippen molar-refractivity contribution in [2.24, 2.45) is 5.92 Å². The minimum Gasteiger partial charge on any atom is -0.310 e. The van der Waals surface area contributed by atoms with E-state index in [2.05, 4.69) is 44.3 Å². The monoisotopic (exact) mass is 189 g/mol. The van der Waals surface area contributed by atoms with Crippen molar-refractivity contribution in [3.8, 4) is 0 Å². The second-order valence-corrected chi connectivity index (χ2v) is 4.62. The van der Waals surface area contributed by atoms with Crippen LogP contribution in [0.3, 0.4) is 0 Å². The van der Waals surface area contributed by atoms with E-state index in [-0.39, 0.29) is 0 Å². The number of rotatable bonds is 1. The number of aryl methyl sites for hydroxylation is 2. The van der Waals surface area contributed by atoms with Gasteiger partial charge in [-0.1, -0.05) is 36.2 Å². The van der Waals surface area contributed by atoms with Crippen molar-refractivity contribution in [1.29, 1.82) is 0 Å². The van der Waals surface area contributed by atoms with Crippen molar-refractivity contribution < 1.29 is 0 Å². The van der Waals surface area contributed by atoms with E-state index in [1.54, 1.807) is 0 Å². The molecule has 1 heterocycles. The normalized spacial score (nSPS) is 26.8. The number of benzene rings is 1. The maximum absolute atomic E-state index is 3.58. The second-order valence-electron chi connectivity index (χ2n) is 4.62. The topological polar surface area (TPSA) is 12.0 Å². The van der Waals surface area contributed by atoms with Gasteiger partial charge in [0, 0.05) is 6.04 Å². The molecule has 1 fully saturated rings. The molecule has 2 rings (SSSR count). The van der Waals surface area contributed by atoms with Gasteiger partial charge in [-0.15, -0.1) is 0 Å². The van der Waals surface area contributed by atoms with Gasteiger partial charge in [0.25, 0.3) is 0 Å². The largest absolute Gasteiger partial charge is 0.310 e. The molecule has 0 aliphatic carbocycles. The smallest absolute Gasteiger partial charge is 0.0346 e. The number of nitrogens with one attached hydrogen (secondary N) is 1. The molecule has 1 saturated heterocycles. The molecule has 1 aromatic carbocycles. The lowest BCUT2D eigenvalue weighted by molar-refractivity contribution is 0.503. The highest BCUT2D eigenvalue weighted by Crippen LogP contribution is 2.29. The summed E-state index contributed by atoms with van der Waals surface area (Å²) >= 11 is 0. The molecule has 0 saturated carbocycles. The fourth-order valence-corrected chi connectivity index (χ4v) is 2.47. The Kier molecular flexibility index (Phi) is 2.60. The molecule has 0 spiro atoms. The number of hydrogen-bond donors (Lipinski definition) is 1. The Morgan fingerprint density at radius 3 is 2.29 bits per heavy atom. The van der Waals surface area contributed by atoms with E-state index >= 15 is 0 Å². The predicted octanol–water partition coefficient (Wildman–Crippen LogP) is 2.97. The first kappa shape index (κ1) is 9.72. The van der Waals surface area contributed by atoms with Gasteiger partial charge in [-0.25, -0.2) is 0 Å². The highest BCUT2D eigenvalue weighted by molar-refractivity contribution is 5.31. The van der Waals surface area contributed by atoms with Crippen LogP contribution in [0.15, 0.2) is 18.2 Å². The summed E-state index contributed by atoms with van der Waals surface area (Å²) in [6.45, 7) is 7.85. The molecular formula is C13H19N. The molecule has 1 aliphatic heterocycles. The molecule has 1 heteroatoms. The van der Waals surface area contributed by atoms with E-state index in [1.165, 1.54) is 29.7 Å². The highest BCUT2D eigenvalue weighted by atomic mass is 14.9. The van der Waals surface area contributed by atoms with Crippen LogP contribution in [0.25, 0.3) is 0 Å². The van der Waals surface area contributed by atoms with Gasteiger partial charge in [0.05, 0.1) is 0 Å². The molecule has 1 aliphatic rings. The van der Waals surface area contributed by atoms with Crippen molar-refractivity contribution in [3.63, 3.8) is 0 Å². The lowest BCUT2D eigenvalue weighted by Crippen LogP contribution is -2.16. The summed E-state index contributed by atoms with van der Waals surface area (Å²) in [6, 6.07) is 7.44. The third-order valence-corrected chi connectivity index (χ3v) is 3.14. The zero-order valence-corrected chi connectivity index (χ0v) is 9.30. The minimum atomic E-state index is 0.577. The maximum atomic E-state index is 3.58. The minimum absolute atomic E-state index is 0.577. The molecule has 0 radical (unpaired) electrons. The van der Waals surface area contributed by atoms with Gasteiger partial charge in [-0.2, -0.15) is 0 Å². The first-order valence-electron chi connectivity index (χ1n) is 5.48. The van der Waals surface area contributed by atoms with Crippen LogP contribution in [-0.4, -0.2) is 6.54 Å². The summed E-state index contributed by atoms with van der Waals surface area (Å²) in [5.74, 6) is 0.774. The van der Waals surface area contributed by atoms with Crippen molar-refractivity contribution in [1.82, 2.24) is 5.32 Å². The van der Waals surface area contributed by atoms with Crippen molar-refractivity contribution in [2.75, 3.05) is 6.54 Å². The van der Waals surface area contributed by atoms with Gasteiger partial charge in [0.15, 0.2) is 0 Å². The summed E-state index contributed by atoms with van der Waals surface area (Å²) in [5.41, 5.74) is 4.22. The second kappa shape index (κ2) is 3.74. The average molecular weight is 189 g/mol. The predicted molar refractivity (Wildman–Crippen MR) is 60.4 cm³/mol. The third-order valence-electron chi connectivity index (χ3n) is 3.14. The Hall–Kier alpha value is -0.820. The van der Waals surface area contributed by atoms with Crippen LogP contribution in [0.5, 0.6) is 0 Å². The zero-order valence-electron chi connectivity index (χ0n) is 9.30. The van der Waals surface area contributed by atoms with Gasteiger partial charge in [0.2, 0.25) is 0 Å². The standard InChI is InChI=1S/C13H19N/c1-9-6-10(2)8-12(7-9)13-11(3)4-5-14-13/h6-8,11,13-14H,4-5H2,1-3H3/t11-,13-/m0/s1. The van der Waals surface area contributed by atoms with Crippen LogP contribution in [0, 0.1) is 19.8 Å². The summed E-state index contributed by atoms with van der Waals surface area (Å²) < 4.78 is 0. The Labute approximate surface area is 86.5 Å². The van der Waals surface area contributed by atoms with Crippen LogP contribution in [0.2, 0.25) is 0 Å². The van der Waals surface area contributed by atoms with Crippen molar-refractivity contribution in [3.05, 3.63) is 34.9 Å². The molecule has 14 heavy (non-hydrogen) atoms. The fourth-order valence-electron chi connectivity index (χ4n) is 2.47. The van der Waals surface area contributed by atoms with Gasteiger partial charge in [0.1, 0.15) is 0 Å². The average Bonchev–Trinajstić information content (AvgIpc) is 2.49. The Bertz CT molecular complexity index is 310. The van der Waals surface area contributed by atoms with Crippen molar-refractivity contribution >= 4 is 0 Å². The summed E-state index contributed by atoms with van der Waals surface area (Å²) in [4.78, 5) is 0. The molecular weight excluding hydrogens is 170 g/mol. The van der Waals surface area contributed by atoms with E-state index < -0.39 is 0 Å². The van der Waals surface area contributed by atoms with E-state index in [9.17, 15) is 0 Å². The van der Waals surface area contributed by atoms with Crippen LogP contribution in [0.4, 0.5) is 0 Å². The molecule has 1 aromatic rings. The summed E-state index contributed by atoms with van der Waals surface area (Å²) in [7, 11) is 0. The van der Waals surface area contributed by atoms with Crippen LogP contribution < -0.4 is 5.32 Å². The molecule has 0 unspecified atom stereocenters. The van der Waals surface area contributed by atoms with Crippen molar-refractivity contribution in [2.45, 2.75) is 33.2 Å². The molecule has 0 amide bonds. The highest BCUT2D eigenvalue weighted by Gasteiger charge is 2.24. The lowest BCUT2D eigenvalue weighted by atomic mass is 9.94. The lowest BCUT2D eigenvalue weighted by Gasteiger charge is -2.17. The maximum Gasteiger partial charge on any atom is 0.0346 e. The van der Waals surface area contributed by atoms with Gasteiger partial charge in [-0.05, 0) is 38.3 Å². The van der Waals surface area contributed by atoms with Gasteiger partial charge < -0.3 is 5.32 Å². The van der Waals surface area contributed by atoms with Gasteiger partial charge in [-0.3, -0.25) is 0 Å². The van der Waals surface area contributed by atoms with Crippen LogP contribution >= 0.6 is 0 Å². The SMILES string of the molecule is Cc1cc(C)cc([C@H]2NCC[C@@H]2C)c1. The first-order valence-corrected chi connectivity index (χ1v) is 5.48. The fraction of sp³-hybridized carbons (Fsp3) is 0.538. The summed E-state index contributed by atoms with van der Waals surface area (Å²) in [6.07, 6.45) is 1.30. The summed E-state index contributed by atoms with van der Waals surface area (Å²) in [5, 5.41) is 3.58. The Morgan fingerprint density at radius 1 is 1.14 bits per heavy atom. The van der Waals surface area contributed by atoms with Gasteiger partial charge >= 0.3 is 0 Å². The first-order chi connectivity index (χ1) is 6.66. The molecule has 1 nitrogen and oxygen atoms in total. The quantitative estimate of drug-likeness (QED) is 0.716. The molecule has 2 atom stereocenters. The molecule has 0 bridgehead atoms. The van der Waals surface area contributed by atoms with E-state index in [1.807, 2.05) is 0 Å². The van der Waals surface area contributed by atoms with Crippen LogP contribution in [-0.2, 0) is 0 Å². The van der Waals surface area contributed by atoms with Crippen LogP contribution in [0.1, 0.15) is 36.1 Å². The molecule has 76 valence electrons. The third kappa shape index (κ3) is 1.83. The Morgan fingerprint density at radius 2 is 1.79 bits per heavy atom. The molecule has 1 N–H and O–H groups in total. The zero-order chi connectivity index (χ0) is 10.1. The van der Waals surface area contributed by atoms with E-state index in [4.69, 9.17) is 0 Å². The molecule has 0 aromatic heterocycles. The number of hydrogen-bond acceptors (Lipinski definition) is 1. The van der Waals surface area contributed by atoms with E-state index in [0.29, 0.717) is 6.04 Å².